The Hall–Kier alpha value is -3.89. The molecule has 1 aromatic carbocycles. The van der Waals surface area contributed by atoms with Gasteiger partial charge in [0, 0.05) is 24.4 Å². The highest BCUT2D eigenvalue weighted by atomic mass is 35.5. The number of amidine groups is 1. The molecule has 0 aliphatic carbocycles. The third-order valence-electron chi connectivity index (χ3n) is 5.79. The standard InChI is InChI=1S/C25H27ClN6O4/c1-14-8-17(24-18(9-14)23(33)15(2)13-36-24)20(10-16-11-28-32(12-16)6-7-35-3)29-19-4-5-21(26)30-22(19)25(27)31-34/h4-5,8-9,11-13,20,29,34H,6-7,10H2,1-3H3,(H2,27,31). The maximum absolute atomic E-state index is 12.9. The molecule has 0 aliphatic heterocycles. The molecule has 0 aliphatic rings. The zero-order chi connectivity index (χ0) is 25.8. The maximum Gasteiger partial charge on any atom is 0.195 e. The van der Waals surface area contributed by atoms with Crippen molar-refractivity contribution >= 4 is 34.1 Å². The normalized spacial score (nSPS) is 12.7. The lowest BCUT2D eigenvalue weighted by Crippen LogP contribution is -2.21. The molecule has 3 aromatic heterocycles. The van der Waals surface area contributed by atoms with Crippen molar-refractivity contribution < 1.29 is 14.4 Å². The van der Waals surface area contributed by atoms with Gasteiger partial charge in [-0.25, -0.2) is 4.98 Å². The summed E-state index contributed by atoms with van der Waals surface area (Å²) in [5.74, 6) is -0.192. The number of hydrogen-bond donors (Lipinski definition) is 3. The average molecular weight is 511 g/mol. The van der Waals surface area contributed by atoms with Crippen molar-refractivity contribution in [3.05, 3.63) is 86.2 Å². The molecule has 11 heteroatoms. The Balaban J connectivity index is 1.84. The van der Waals surface area contributed by atoms with Crippen molar-refractivity contribution in [3.63, 3.8) is 0 Å². The molecule has 4 N–H and O–H groups in total. The number of anilines is 1. The third-order valence-corrected chi connectivity index (χ3v) is 6.00. The van der Waals surface area contributed by atoms with Crippen molar-refractivity contribution in [1.82, 2.24) is 14.8 Å². The van der Waals surface area contributed by atoms with Crippen molar-refractivity contribution in [2.45, 2.75) is 32.9 Å². The summed E-state index contributed by atoms with van der Waals surface area (Å²) in [6, 6.07) is 6.71. The number of pyridine rings is 1. The van der Waals surface area contributed by atoms with E-state index in [1.807, 2.05) is 25.3 Å². The van der Waals surface area contributed by atoms with Crippen LogP contribution in [-0.2, 0) is 17.7 Å². The number of aryl methyl sites for hydroxylation is 2. The number of methoxy groups -OCH3 is 1. The minimum atomic E-state index is -0.397. The summed E-state index contributed by atoms with van der Waals surface area (Å²) in [5, 5.41) is 20.9. The zero-order valence-corrected chi connectivity index (χ0v) is 20.9. The molecule has 188 valence electrons. The lowest BCUT2D eigenvalue weighted by Gasteiger charge is -2.23. The molecule has 0 saturated heterocycles. The van der Waals surface area contributed by atoms with Crippen LogP contribution in [0.4, 0.5) is 5.69 Å². The highest BCUT2D eigenvalue weighted by Gasteiger charge is 2.22. The van der Waals surface area contributed by atoms with Gasteiger partial charge < -0.3 is 25.4 Å². The summed E-state index contributed by atoms with van der Waals surface area (Å²) in [5.41, 5.74) is 10.1. The molecule has 36 heavy (non-hydrogen) atoms. The van der Waals surface area contributed by atoms with Gasteiger partial charge in [-0.3, -0.25) is 9.48 Å². The second-order valence-corrected chi connectivity index (χ2v) is 8.89. The fourth-order valence-electron chi connectivity index (χ4n) is 4.05. The van der Waals surface area contributed by atoms with Crippen LogP contribution in [0.25, 0.3) is 11.0 Å². The lowest BCUT2D eigenvalue weighted by atomic mass is 9.95. The van der Waals surface area contributed by atoms with Crippen LogP contribution < -0.4 is 16.5 Å². The Bertz CT molecular complexity index is 1480. The number of nitrogens with zero attached hydrogens (tertiary/aromatic N) is 4. The van der Waals surface area contributed by atoms with E-state index in [-0.39, 0.29) is 22.1 Å². The first-order valence-electron chi connectivity index (χ1n) is 11.2. The van der Waals surface area contributed by atoms with E-state index in [1.165, 1.54) is 6.26 Å². The predicted molar refractivity (Wildman–Crippen MR) is 138 cm³/mol. The molecule has 3 heterocycles. The number of nitrogens with one attached hydrogen (secondary N) is 1. The maximum atomic E-state index is 12.9. The number of hydrogen-bond acceptors (Lipinski definition) is 8. The molecule has 0 amide bonds. The molecule has 0 spiro atoms. The molecule has 0 bridgehead atoms. The predicted octanol–water partition coefficient (Wildman–Crippen LogP) is 3.79. The summed E-state index contributed by atoms with van der Waals surface area (Å²) in [6.45, 7) is 4.80. The van der Waals surface area contributed by atoms with Gasteiger partial charge in [-0.15, -0.1) is 0 Å². The second-order valence-electron chi connectivity index (χ2n) is 8.50. The number of ether oxygens (including phenoxy) is 1. The van der Waals surface area contributed by atoms with Crippen LogP contribution in [0.3, 0.4) is 0 Å². The summed E-state index contributed by atoms with van der Waals surface area (Å²) >= 11 is 6.07. The monoisotopic (exact) mass is 510 g/mol. The van der Waals surface area contributed by atoms with Gasteiger partial charge in [0.15, 0.2) is 11.3 Å². The van der Waals surface area contributed by atoms with Crippen LogP contribution in [0.15, 0.2) is 57.3 Å². The van der Waals surface area contributed by atoms with Gasteiger partial charge in [0.25, 0.3) is 0 Å². The molecule has 0 fully saturated rings. The van der Waals surface area contributed by atoms with Crippen molar-refractivity contribution in [3.8, 4) is 0 Å². The highest BCUT2D eigenvalue weighted by Crippen LogP contribution is 2.31. The summed E-state index contributed by atoms with van der Waals surface area (Å²) in [4.78, 5) is 17.1. The first-order valence-corrected chi connectivity index (χ1v) is 11.6. The van der Waals surface area contributed by atoms with Gasteiger partial charge in [0.1, 0.15) is 16.4 Å². The third kappa shape index (κ3) is 5.34. The number of halogens is 1. The molecular formula is C25H27ClN6O4. The Morgan fingerprint density at radius 3 is 2.92 bits per heavy atom. The largest absolute Gasteiger partial charge is 0.463 e. The van der Waals surface area contributed by atoms with E-state index < -0.39 is 6.04 Å². The fraction of sp³-hybridized carbons (Fsp3) is 0.280. The van der Waals surface area contributed by atoms with E-state index in [9.17, 15) is 10.0 Å². The van der Waals surface area contributed by atoms with Crippen molar-refractivity contribution in [2.75, 3.05) is 19.0 Å². The molecule has 0 saturated carbocycles. The summed E-state index contributed by atoms with van der Waals surface area (Å²) in [6.07, 6.45) is 5.68. The van der Waals surface area contributed by atoms with Crippen LogP contribution in [-0.4, -0.2) is 39.5 Å². The zero-order valence-electron chi connectivity index (χ0n) is 20.2. The number of benzene rings is 1. The summed E-state index contributed by atoms with van der Waals surface area (Å²) in [7, 11) is 1.64. The number of aromatic nitrogens is 3. The van der Waals surface area contributed by atoms with E-state index in [0.29, 0.717) is 41.8 Å². The second kappa shape index (κ2) is 10.8. The summed E-state index contributed by atoms with van der Waals surface area (Å²) < 4.78 is 12.9. The van der Waals surface area contributed by atoms with Crippen LogP contribution >= 0.6 is 11.6 Å². The average Bonchev–Trinajstić information content (AvgIpc) is 3.32. The van der Waals surface area contributed by atoms with E-state index >= 15 is 0 Å². The van der Waals surface area contributed by atoms with Crippen LogP contribution in [0.2, 0.25) is 5.15 Å². The molecule has 1 atom stereocenters. The van der Waals surface area contributed by atoms with E-state index in [2.05, 4.69) is 20.6 Å². The van der Waals surface area contributed by atoms with Crippen LogP contribution in [0, 0.1) is 13.8 Å². The van der Waals surface area contributed by atoms with Gasteiger partial charge in [-0.05, 0) is 49.6 Å². The molecule has 1 unspecified atom stereocenters. The number of rotatable bonds is 9. The minimum absolute atomic E-state index is 0.0853. The first kappa shape index (κ1) is 25.2. The Morgan fingerprint density at radius 1 is 1.36 bits per heavy atom. The van der Waals surface area contributed by atoms with Crippen molar-refractivity contribution in [1.29, 1.82) is 0 Å². The van der Waals surface area contributed by atoms with Crippen LogP contribution in [0.5, 0.6) is 0 Å². The van der Waals surface area contributed by atoms with Crippen LogP contribution in [0.1, 0.15) is 34.0 Å². The molecule has 4 rings (SSSR count). The number of oxime groups is 1. The van der Waals surface area contributed by atoms with E-state index in [4.69, 9.17) is 26.5 Å². The molecule has 4 aromatic rings. The molecular weight excluding hydrogens is 484 g/mol. The highest BCUT2D eigenvalue weighted by molar-refractivity contribution is 6.29. The van der Waals surface area contributed by atoms with Crippen molar-refractivity contribution in [2.24, 2.45) is 10.9 Å². The minimum Gasteiger partial charge on any atom is -0.463 e. The quantitative estimate of drug-likeness (QED) is 0.101. The van der Waals surface area contributed by atoms with Gasteiger partial charge in [-0.1, -0.05) is 22.8 Å². The Morgan fingerprint density at radius 2 is 2.17 bits per heavy atom. The van der Waals surface area contributed by atoms with Gasteiger partial charge in [0.05, 0.1) is 42.7 Å². The van der Waals surface area contributed by atoms with E-state index in [1.54, 1.807) is 37.0 Å². The topological polar surface area (TPSA) is 141 Å². The Labute approximate surface area is 212 Å². The van der Waals surface area contributed by atoms with Gasteiger partial charge in [0.2, 0.25) is 0 Å². The Kier molecular flexibility index (Phi) is 7.56. The van der Waals surface area contributed by atoms with Gasteiger partial charge in [-0.2, -0.15) is 5.10 Å². The SMILES string of the molecule is COCCn1cc(CC(Nc2ccc(Cl)nc2C(N)=NO)c2cc(C)cc3c(=O)c(C)coc23)cn1. The molecule has 0 radical (unpaired) electrons. The number of nitrogens with two attached hydrogens (primary N) is 1. The van der Waals surface area contributed by atoms with Gasteiger partial charge >= 0.3 is 0 Å². The fourth-order valence-corrected chi connectivity index (χ4v) is 4.20. The van der Waals surface area contributed by atoms with E-state index in [0.717, 1.165) is 16.7 Å². The lowest BCUT2D eigenvalue weighted by molar-refractivity contribution is 0.183. The smallest absolute Gasteiger partial charge is 0.195 e. The first-order chi connectivity index (χ1) is 17.3. The number of fused-ring (bicyclic) bond motifs is 1. The molecule has 10 nitrogen and oxygen atoms in total.